The van der Waals surface area contributed by atoms with Gasteiger partial charge in [-0.15, -0.1) is 0 Å². The predicted octanol–water partition coefficient (Wildman–Crippen LogP) is 4.64. The molecule has 4 aromatic rings. The number of imidazole rings is 1. The van der Waals surface area contributed by atoms with Crippen molar-refractivity contribution in [2.75, 3.05) is 26.2 Å². The molecule has 5 rings (SSSR count). The molecular weight excluding hydrogens is 414 g/mol. The molecule has 1 aromatic carbocycles. The molecule has 1 fully saturated rings. The van der Waals surface area contributed by atoms with Crippen molar-refractivity contribution >= 4 is 16.9 Å². The highest BCUT2D eigenvalue weighted by Crippen LogP contribution is 2.31. The molecule has 1 aliphatic rings. The zero-order valence-corrected chi connectivity index (χ0v) is 18.8. The highest BCUT2D eigenvalue weighted by molar-refractivity contribution is 6.04. The molecular formula is C26H27N5O2. The van der Waals surface area contributed by atoms with Crippen LogP contribution in [0.25, 0.3) is 33.5 Å². The van der Waals surface area contributed by atoms with Gasteiger partial charge in [0.15, 0.2) is 0 Å². The Morgan fingerprint density at radius 3 is 2.85 bits per heavy atom. The van der Waals surface area contributed by atoms with Crippen LogP contribution >= 0.6 is 0 Å². The lowest BCUT2D eigenvalue weighted by Gasteiger charge is -2.14. The Bertz CT molecular complexity index is 1280. The Balaban J connectivity index is 1.39. The number of carbonyl (C=O) groups is 1. The predicted molar refractivity (Wildman–Crippen MR) is 128 cm³/mol. The first-order chi connectivity index (χ1) is 16.2. The normalized spacial score (nSPS) is 14.1. The average molecular weight is 442 g/mol. The van der Waals surface area contributed by atoms with Crippen LogP contribution in [0.15, 0.2) is 55.0 Å². The molecule has 0 bridgehead atoms. The number of fused-ring (bicyclic) bond motifs is 1. The van der Waals surface area contributed by atoms with E-state index in [1.54, 1.807) is 18.6 Å². The van der Waals surface area contributed by atoms with Gasteiger partial charge in [0.25, 0.3) is 0 Å². The standard InChI is InChI=1S/C26H27N5O2/c1-18-6-4-7-23(30-18)25-24(28-17-29-25)19-8-9-22-21(16-19)20(10-11-27-22)26(32)33-15-5-14-31-12-2-3-13-31/h4,6-11,16-17H,2-3,5,12-15H2,1H3,(H,28,29). The molecule has 0 spiro atoms. The highest BCUT2D eigenvalue weighted by atomic mass is 16.5. The van der Waals surface area contributed by atoms with Gasteiger partial charge in [-0.1, -0.05) is 12.1 Å². The van der Waals surface area contributed by atoms with Crippen LogP contribution in [-0.2, 0) is 4.74 Å². The van der Waals surface area contributed by atoms with E-state index < -0.39 is 0 Å². The minimum atomic E-state index is -0.316. The lowest BCUT2D eigenvalue weighted by Crippen LogP contribution is -2.22. The summed E-state index contributed by atoms with van der Waals surface area (Å²) >= 11 is 0. The van der Waals surface area contributed by atoms with E-state index in [4.69, 9.17) is 4.74 Å². The summed E-state index contributed by atoms with van der Waals surface area (Å²) in [6.45, 7) is 5.66. The van der Waals surface area contributed by atoms with Crippen molar-refractivity contribution in [2.24, 2.45) is 0 Å². The van der Waals surface area contributed by atoms with Gasteiger partial charge in [-0.25, -0.2) is 9.78 Å². The molecule has 1 saturated heterocycles. The number of ether oxygens (including phenoxy) is 1. The summed E-state index contributed by atoms with van der Waals surface area (Å²) in [7, 11) is 0. The van der Waals surface area contributed by atoms with Gasteiger partial charge in [0.05, 0.1) is 41.1 Å². The van der Waals surface area contributed by atoms with Gasteiger partial charge in [-0.3, -0.25) is 9.97 Å². The van der Waals surface area contributed by atoms with Crippen LogP contribution in [0, 0.1) is 6.92 Å². The minimum Gasteiger partial charge on any atom is -0.462 e. The van der Waals surface area contributed by atoms with Crippen molar-refractivity contribution in [1.82, 2.24) is 24.8 Å². The summed E-state index contributed by atoms with van der Waals surface area (Å²) in [4.78, 5) is 32.1. The molecule has 0 atom stereocenters. The third-order valence-corrected chi connectivity index (χ3v) is 6.07. The molecule has 0 unspecified atom stereocenters. The Labute approximate surface area is 192 Å². The Kier molecular flexibility index (Phi) is 6.13. The number of H-pyrrole nitrogens is 1. The quantitative estimate of drug-likeness (QED) is 0.332. The lowest BCUT2D eigenvalue weighted by atomic mass is 10.0. The maximum atomic E-state index is 12.9. The second-order valence-electron chi connectivity index (χ2n) is 8.42. The third-order valence-electron chi connectivity index (χ3n) is 6.07. The van der Waals surface area contributed by atoms with E-state index in [-0.39, 0.29) is 5.97 Å². The monoisotopic (exact) mass is 441 g/mol. The number of hydrogen-bond acceptors (Lipinski definition) is 6. The van der Waals surface area contributed by atoms with Gasteiger partial charge < -0.3 is 14.6 Å². The zero-order chi connectivity index (χ0) is 22.6. The van der Waals surface area contributed by atoms with Crippen LogP contribution in [0.2, 0.25) is 0 Å². The molecule has 7 heteroatoms. The molecule has 1 aliphatic heterocycles. The zero-order valence-electron chi connectivity index (χ0n) is 18.8. The SMILES string of the molecule is Cc1cccc(-c2[nH]cnc2-c2ccc3nccc(C(=O)OCCCN4CCCC4)c3c2)n1. The number of aromatic nitrogens is 4. The summed E-state index contributed by atoms with van der Waals surface area (Å²) < 4.78 is 5.61. The number of aryl methyl sites for hydroxylation is 1. The number of benzene rings is 1. The van der Waals surface area contributed by atoms with Crippen LogP contribution in [-0.4, -0.2) is 57.0 Å². The average Bonchev–Trinajstić information content (AvgIpc) is 3.53. The van der Waals surface area contributed by atoms with E-state index in [0.29, 0.717) is 12.2 Å². The molecule has 168 valence electrons. The van der Waals surface area contributed by atoms with Crippen LogP contribution in [0.5, 0.6) is 0 Å². The van der Waals surface area contributed by atoms with Crippen LogP contribution < -0.4 is 0 Å². The van der Waals surface area contributed by atoms with E-state index in [1.165, 1.54) is 12.8 Å². The lowest BCUT2D eigenvalue weighted by molar-refractivity contribution is 0.0493. The van der Waals surface area contributed by atoms with E-state index in [1.807, 2.05) is 43.3 Å². The molecule has 3 aromatic heterocycles. The number of nitrogens with one attached hydrogen (secondary N) is 1. The van der Waals surface area contributed by atoms with Gasteiger partial charge in [-0.2, -0.15) is 0 Å². The van der Waals surface area contributed by atoms with Crippen LogP contribution in [0.3, 0.4) is 0 Å². The van der Waals surface area contributed by atoms with Crippen molar-refractivity contribution in [3.05, 3.63) is 66.2 Å². The first kappa shape index (κ1) is 21.3. The van der Waals surface area contributed by atoms with Gasteiger partial charge >= 0.3 is 5.97 Å². The molecule has 33 heavy (non-hydrogen) atoms. The van der Waals surface area contributed by atoms with Crippen molar-refractivity contribution in [3.8, 4) is 22.6 Å². The summed E-state index contributed by atoms with van der Waals surface area (Å²) in [6.07, 6.45) is 6.70. The third kappa shape index (κ3) is 4.64. The van der Waals surface area contributed by atoms with E-state index in [0.717, 1.165) is 65.3 Å². The van der Waals surface area contributed by atoms with Crippen LogP contribution in [0.1, 0.15) is 35.3 Å². The number of hydrogen-bond donors (Lipinski definition) is 1. The van der Waals surface area contributed by atoms with E-state index in [9.17, 15) is 4.79 Å². The number of likely N-dealkylation sites (tertiary alicyclic amines) is 1. The number of pyridine rings is 2. The van der Waals surface area contributed by atoms with E-state index >= 15 is 0 Å². The second kappa shape index (κ2) is 9.50. The van der Waals surface area contributed by atoms with Gasteiger partial charge in [-0.05, 0) is 69.6 Å². The fourth-order valence-electron chi connectivity index (χ4n) is 4.40. The molecule has 1 N–H and O–H groups in total. The first-order valence-corrected chi connectivity index (χ1v) is 11.4. The number of carbonyl (C=O) groups excluding carboxylic acids is 1. The minimum absolute atomic E-state index is 0.316. The molecule has 0 saturated carbocycles. The number of nitrogens with zero attached hydrogens (tertiary/aromatic N) is 4. The van der Waals surface area contributed by atoms with Crippen LogP contribution in [0.4, 0.5) is 0 Å². The summed E-state index contributed by atoms with van der Waals surface area (Å²) in [5.74, 6) is -0.316. The maximum absolute atomic E-state index is 12.9. The van der Waals surface area contributed by atoms with E-state index in [2.05, 4.69) is 24.8 Å². The van der Waals surface area contributed by atoms with Crippen molar-refractivity contribution < 1.29 is 9.53 Å². The topological polar surface area (TPSA) is 84.0 Å². The second-order valence-corrected chi connectivity index (χ2v) is 8.42. The summed E-state index contributed by atoms with van der Waals surface area (Å²) in [6, 6.07) is 13.5. The highest BCUT2D eigenvalue weighted by Gasteiger charge is 2.17. The summed E-state index contributed by atoms with van der Waals surface area (Å²) in [5, 5.41) is 0.755. The fourth-order valence-corrected chi connectivity index (χ4v) is 4.40. The molecule has 4 heterocycles. The Morgan fingerprint density at radius 2 is 2.00 bits per heavy atom. The maximum Gasteiger partial charge on any atom is 0.338 e. The Morgan fingerprint density at radius 1 is 1.12 bits per heavy atom. The number of esters is 1. The van der Waals surface area contributed by atoms with Gasteiger partial charge in [0, 0.05) is 29.4 Å². The molecule has 0 amide bonds. The molecule has 0 radical (unpaired) electrons. The van der Waals surface area contributed by atoms with Crippen molar-refractivity contribution in [1.29, 1.82) is 0 Å². The largest absolute Gasteiger partial charge is 0.462 e. The van der Waals surface area contributed by atoms with Gasteiger partial charge in [0.2, 0.25) is 0 Å². The Hall–Kier alpha value is -3.58. The first-order valence-electron chi connectivity index (χ1n) is 11.4. The number of aromatic amines is 1. The van der Waals surface area contributed by atoms with Crippen molar-refractivity contribution in [3.63, 3.8) is 0 Å². The molecule has 0 aliphatic carbocycles. The number of rotatable bonds is 7. The van der Waals surface area contributed by atoms with Gasteiger partial charge in [0.1, 0.15) is 0 Å². The fraction of sp³-hybridized carbons (Fsp3) is 0.308. The smallest absolute Gasteiger partial charge is 0.338 e. The van der Waals surface area contributed by atoms with Crippen molar-refractivity contribution in [2.45, 2.75) is 26.2 Å². The summed E-state index contributed by atoms with van der Waals surface area (Å²) in [5.41, 5.74) is 5.54. The molecule has 7 nitrogen and oxygen atoms in total.